The summed E-state index contributed by atoms with van der Waals surface area (Å²) in [5, 5.41) is 2.67. The van der Waals surface area contributed by atoms with Gasteiger partial charge < -0.3 is 19.4 Å². The highest BCUT2D eigenvalue weighted by molar-refractivity contribution is 5.94. The smallest absolute Gasteiger partial charge is 0.289 e. The fraction of sp³-hybridized carbons (Fsp3) is 0.429. The van der Waals surface area contributed by atoms with Crippen LogP contribution in [0.4, 0.5) is 0 Å². The summed E-state index contributed by atoms with van der Waals surface area (Å²) in [5.41, 5.74) is 0.931. The van der Waals surface area contributed by atoms with Crippen molar-refractivity contribution < 1.29 is 18.7 Å². The van der Waals surface area contributed by atoms with E-state index < -0.39 is 0 Å². The summed E-state index contributed by atoms with van der Waals surface area (Å²) in [6.07, 6.45) is 1.42. The molecule has 0 radical (unpaired) electrons. The number of amides is 2. The first-order chi connectivity index (χ1) is 9.50. The number of likely N-dealkylation sites (N-methyl/N-ethyl adjacent to an activating group) is 1. The Kier molecular flexibility index (Phi) is 6.52. The van der Waals surface area contributed by atoms with Crippen molar-refractivity contribution in [2.24, 2.45) is 0 Å². The number of rotatable bonds is 8. The van der Waals surface area contributed by atoms with Gasteiger partial charge in [-0.2, -0.15) is 0 Å². The highest BCUT2D eigenvalue weighted by Gasteiger charge is 2.16. The van der Waals surface area contributed by atoms with Crippen molar-refractivity contribution in [1.29, 1.82) is 0 Å². The lowest BCUT2D eigenvalue weighted by molar-refractivity contribution is -0.121. The van der Waals surface area contributed by atoms with E-state index in [0.29, 0.717) is 19.8 Å². The zero-order valence-electron chi connectivity index (χ0n) is 11.8. The van der Waals surface area contributed by atoms with E-state index >= 15 is 0 Å². The summed E-state index contributed by atoms with van der Waals surface area (Å²) in [4.78, 5) is 24.7. The topological polar surface area (TPSA) is 71.8 Å². The molecule has 1 heterocycles. The minimum atomic E-state index is -0.330. The maximum Gasteiger partial charge on any atom is 0.289 e. The van der Waals surface area contributed by atoms with Crippen molar-refractivity contribution in [2.45, 2.75) is 6.92 Å². The summed E-state index contributed by atoms with van der Waals surface area (Å²) in [6, 6.07) is 3.18. The van der Waals surface area contributed by atoms with Crippen LogP contribution in [0, 0.1) is 0 Å². The maximum absolute atomic E-state index is 11.8. The highest BCUT2D eigenvalue weighted by Crippen LogP contribution is 2.03. The van der Waals surface area contributed by atoms with Crippen LogP contribution in [0.15, 0.2) is 35.0 Å². The van der Waals surface area contributed by atoms with E-state index in [-0.39, 0.29) is 24.1 Å². The zero-order valence-corrected chi connectivity index (χ0v) is 11.8. The van der Waals surface area contributed by atoms with Crippen LogP contribution < -0.4 is 5.32 Å². The molecule has 0 saturated carbocycles. The lowest BCUT2D eigenvalue weighted by Crippen LogP contribution is -2.39. The average Bonchev–Trinajstić information content (AvgIpc) is 2.90. The van der Waals surface area contributed by atoms with E-state index in [9.17, 15) is 9.59 Å². The van der Waals surface area contributed by atoms with Gasteiger partial charge in [0.15, 0.2) is 5.76 Å². The van der Waals surface area contributed by atoms with E-state index in [4.69, 9.17) is 9.15 Å². The summed E-state index contributed by atoms with van der Waals surface area (Å²) >= 11 is 0. The molecule has 0 aromatic carbocycles. The van der Waals surface area contributed by atoms with Crippen molar-refractivity contribution in [3.05, 3.63) is 36.3 Å². The standard InChI is InChI=1S/C14H20N2O4/c1-11(2)10-19-8-6-15-13(17)9-16(3)14(18)12-5-4-7-20-12/h4-5,7H,1,6,8-10H2,2-3H3,(H,15,17). The molecule has 1 aromatic rings. The van der Waals surface area contributed by atoms with Gasteiger partial charge in [0.25, 0.3) is 5.91 Å². The minimum absolute atomic E-state index is 0.0278. The second-order valence-corrected chi connectivity index (χ2v) is 4.50. The molecule has 1 rings (SSSR count). The summed E-state index contributed by atoms with van der Waals surface area (Å²) < 4.78 is 10.2. The Balaban J connectivity index is 2.21. The first-order valence-corrected chi connectivity index (χ1v) is 6.28. The SMILES string of the molecule is C=C(C)COCCNC(=O)CN(C)C(=O)c1ccco1. The molecule has 2 amide bonds. The minimum Gasteiger partial charge on any atom is -0.459 e. The summed E-state index contributed by atoms with van der Waals surface area (Å²) in [6.45, 7) is 6.83. The molecule has 0 bridgehead atoms. The molecule has 6 nitrogen and oxygen atoms in total. The van der Waals surface area contributed by atoms with Crippen molar-refractivity contribution in [2.75, 3.05) is 33.4 Å². The Morgan fingerprint density at radius 1 is 1.50 bits per heavy atom. The van der Waals surface area contributed by atoms with Gasteiger partial charge in [-0.05, 0) is 19.1 Å². The number of nitrogens with zero attached hydrogens (tertiary/aromatic N) is 1. The van der Waals surface area contributed by atoms with Crippen molar-refractivity contribution in [1.82, 2.24) is 10.2 Å². The lowest BCUT2D eigenvalue weighted by Gasteiger charge is -2.15. The van der Waals surface area contributed by atoms with Crippen molar-refractivity contribution in [3.8, 4) is 0 Å². The highest BCUT2D eigenvalue weighted by atomic mass is 16.5. The van der Waals surface area contributed by atoms with Crippen LogP contribution in [-0.4, -0.2) is 50.1 Å². The predicted molar refractivity (Wildman–Crippen MR) is 74.3 cm³/mol. The monoisotopic (exact) mass is 280 g/mol. The molecule has 0 spiro atoms. The third-order valence-electron chi connectivity index (χ3n) is 2.38. The molecule has 0 saturated heterocycles. The quantitative estimate of drug-likeness (QED) is 0.571. The van der Waals surface area contributed by atoms with E-state index in [2.05, 4.69) is 11.9 Å². The molecule has 1 aromatic heterocycles. The Labute approximate surface area is 118 Å². The third-order valence-corrected chi connectivity index (χ3v) is 2.38. The first kappa shape index (κ1) is 16.0. The molecule has 110 valence electrons. The van der Waals surface area contributed by atoms with Crippen LogP contribution in [0.5, 0.6) is 0 Å². The van der Waals surface area contributed by atoms with E-state index in [1.165, 1.54) is 11.2 Å². The van der Waals surface area contributed by atoms with Gasteiger partial charge in [-0.1, -0.05) is 12.2 Å². The largest absolute Gasteiger partial charge is 0.459 e. The molecule has 0 aliphatic heterocycles. The van der Waals surface area contributed by atoms with Gasteiger partial charge in [-0.3, -0.25) is 9.59 Å². The van der Waals surface area contributed by atoms with Gasteiger partial charge >= 0.3 is 0 Å². The number of carbonyl (C=O) groups is 2. The fourth-order valence-corrected chi connectivity index (χ4v) is 1.44. The molecule has 0 aliphatic rings. The third kappa shape index (κ3) is 5.71. The Morgan fingerprint density at radius 3 is 2.85 bits per heavy atom. The number of furan rings is 1. The number of nitrogens with one attached hydrogen (secondary N) is 1. The molecule has 0 unspecified atom stereocenters. The van der Waals surface area contributed by atoms with Crippen LogP contribution >= 0.6 is 0 Å². The molecular weight excluding hydrogens is 260 g/mol. The van der Waals surface area contributed by atoms with Crippen LogP contribution in [0.3, 0.4) is 0 Å². The molecule has 0 aliphatic carbocycles. The van der Waals surface area contributed by atoms with Gasteiger partial charge in [0.1, 0.15) is 0 Å². The van der Waals surface area contributed by atoms with Crippen LogP contribution in [-0.2, 0) is 9.53 Å². The maximum atomic E-state index is 11.8. The second kappa shape index (κ2) is 8.16. The van der Waals surface area contributed by atoms with Gasteiger partial charge in [0.2, 0.25) is 5.91 Å². The summed E-state index contributed by atoms with van der Waals surface area (Å²) in [7, 11) is 1.54. The molecule has 0 fully saturated rings. The van der Waals surface area contributed by atoms with Crippen molar-refractivity contribution in [3.63, 3.8) is 0 Å². The number of hydrogen-bond donors (Lipinski definition) is 1. The van der Waals surface area contributed by atoms with Gasteiger partial charge in [0, 0.05) is 13.6 Å². The zero-order chi connectivity index (χ0) is 15.0. The van der Waals surface area contributed by atoms with E-state index in [1.807, 2.05) is 6.92 Å². The lowest BCUT2D eigenvalue weighted by atomic mass is 10.4. The number of ether oxygens (including phenoxy) is 1. The fourth-order valence-electron chi connectivity index (χ4n) is 1.44. The van der Waals surface area contributed by atoms with Gasteiger partial charge in [0.05, 0.1) is 26.0 Å². The van der Waals surface area contributed by atoms with Gasteiger partial charge in [-0.15, -0.1) is 0 Å². The predicted octanol–water partition coefficient (Wildman–Crippen LogP) is 1.06. The summed E-state index contributed by atoms with van der Waals surface area (Å²) in [5.74, 6) is -0.361. The Morgan fingerprint density at radius 2 is 2.25 bits per heavy atom. The van der Waals surface area contributed by atoms with Crippen LogP contribution in [0.1, 0.15) is 17.5 Å². The number of carbonyl (C=O) groups excluding carboxylic acids is 2. The van der Waals surface area contributed by atoms with Crippen molar-refractivity contribution >= 4 is 11.8 Å². The number of hydrogen-bond acceptors (Lipinski definition) is 4. The normalized spacial score (nSPS) is 10.1. The Bertz CT molecular complexity index is 454. The molecule has 0 atom stereocenters. The molecule has 1 N–H and O–H groups in total. The van der Waals surface area contributed by atoms with Gasteiger partial charge in [-0.25, -0.2) is 0 Å². The Hall–Kier alpha value is -2.08. The average molecular weight is 280 g/mol. The molecule has 6 heteroatoms. The van der Waals surface area contributed by atoms with E-state index in [1.54, 1.807) is 19.2 Å². The van der Waals surface area contributed by atoms with Crippen LogP contribution in [0.25, 0.3) is 0 Å². The van der Waals surface area contributed by atoms with Crippen LogP contribution in [0.2, 0.25) is 0 Å². The van der Waals surface area contributed by atoms with E-state index in [0.717, 1.165) is 5.57 Å². The molecular formula is C14H20N2O4. The second-order valence-electron chi connectivity index (χ2n) is 4.50. The molecule has 20 heavy (non-hydrogen) atoms. The first-order valence-electron chi connectivity index (χ1n) is 6.28.